The molecule has 4 rings (SSSR count). The molecule has 0 unspecified atom stereocenters. The lowest BCUT2D eigenvalue weighted by atomic mass is 9.94. The van der Waals surface area contributed by atoms with E-state index in [0.717, 1.165) is 5.56 Å². The molecule has 0 aromatic heterocycles. The molecule has 0 radical (unpaired) electrons. The van der Waals surface area contributed by atoms with E-state index >= 15 is 0 Å². The average Bonchev–Trinajstić information content (AvgIpc) is 3.05. The van der Waals surface area contributed by atoms with Crippen molar-refractivity contribution >= 4 is 5.84 Å². The van der Waals surface area contributed by atoms with Gasteiger partial charge in [0.2, 0.25) is 0 Å². The lowest BCUT2D eigenvalue weighted by molar-refractivity contribution is -0.677. The molecule has 3 aliphatic rings. The Morgan fingerprint density at radius 2 is 1.96 bits per heavy atom. The molecule has 3 N–H and O–H groups in total. The normalized spacial score (nSPS) is 39.7. The molecule has 8 heteroatoms. The predicted molar refractivity (Wildman–Crippen MR) is 87.8 cm³/mol. The van der Waals surface area contributed by atoms with Crippen LogP contribution in [0.25, 0.3) is 0 Å². The number of nitrogens with zero attached hydrogens (tertiary/aromatic N) is 2. The van der Waals surface area contributed by atoms with Gasteiger partial charge in [-0.3, -0.25) is 5.73 Å². The van der Waals surface area contributed by atoms with Crippen LogP contribution in [0.5, 0.6) is 11.5 Å². The first-order chi connectivity index (χ1) is 12.5. The summed E-state index contributed by atoms with van der Waals surface area (Å²) in [5, 5.41) is 20.1. The average molecular weight is 355 g/mol. The Morgan fingerprint density at radius 3 is 2.50 bits per heavy atom. The zero-order valence-electron chi connectivity index (χ0n) is 14.7. The maximum absolute atomic E-state index is 10.1. The van der Waals surface area contributed by atoms with Crippen molar-refractivity contribution in [2.75, 3.05) is 20.8 Å². The highest BCUT2D eigenvalue weighted by molar-refractivity contribution is 5.95. The molecule has 5 atom stereocenters. The highest BCUT2D eigenvalue weighted by Gasteiger charge is 2.97. The Bertz CT molecular complexity index is 903. The number of hydrogen-bond acceptors (Lipinski definition) is 7. The molecule has 8 nitrogen and oxygen atoms in total. The predicted octanol–water partition coefficient (Wildman–Crippen LogP) is -0.639. The third kappa shape index (κ3) is 1.57. The number of benzene rings is 1. The SMILES string of the molecule is COc1ccc([C@H]2[C@@]3(C#N)[C@]4([NH+]=C(N)[C@@]23C#N)OC[C@@H](C)O4)cc1OC. The number of amidine groups is 1. The van der Waals surface area contributed by atoms with Crippen LogP contribution in [0.3, 0.4) is 0 Å². The van der Waals surface area contributed by atoms with Crippen LogP contribution < -0.4 is 20.2 Å². The maximum Gasteiger partial charge on any atom is 0.343 e. The van der Waals surface area contributed by atoms with Crippen LogP contribution in [0.4, 0.5) is 0 Å². The Labute approximate surface area is 150 Å². The second-order valence-corrected chi connectivity index (χ2v) is 6.78. The van der Waals surface area contributed by atoms with Gasteiger partial charge < -0.3 is 18.9 Å². The van der Waals surface area contributed by atoms with Gasteiger partial charge in [-0.15, -0.1) is 0 Å². The van der Waals surface area contributed by atoms with Crippen molar-refractivity contribution in [3.05, 3.63) is 23.8 Å². The van der Waals surface area contributed by atoms with Crippen molar-refractivity contribution in [2.45, 2.75) is 24.9 Å². The van der Waals surface area contributed by atoms with E-state index in [1.54, 1.807) is 19.2 Å². The highest BCUT2D eigenvalue weighted by Crippen LogP contribution is 2.79. The summed E-state index contributed by atoms with van der Waals surface area (Å²) in [5.74, 6) is -0.685. The summed E-state index contributed by atoms with van der Waals surface area (Å²) in [6.45, 7) is 2.15. The van der Waals surface area contributed by atoms with Crippen LogP contribution in [-0.4, -0.2) is 38.7 Å². The Kier molecular flexibility index (Phi) is 3.27. The van der Waals surface area contributed by atoms with Gasteiger partial charge in [0.15, 0.2) is 22.3 Å². The van der Waals surface area contributed by atoms with Crippen molar-refractivity contribution in [3.8, 4) is 23.6 Å². The minimum absolute atomic E-state index is 0.190. The quantitative estimate of drug-likeness (QED) is 0.739. The van der Waals surface area contributed by atoms with E-state index in [2.05, 4.69) is 17.1 Å². The molecule has 1 spiro atoms. The molecule has 1 aromatic carbocycles. The van der Waals surface area contributed by atoms with Gasteiger partial charge in [-0.25, -0.2) is 4.99 Å². The highest BCUT2D eigenvalue weighted by atomic mass is 16.8. The standard InChI is InChI=1S/C18H18N4O4/c1-10-7-25-18(26-10)17(9-20)14(16(17,8-19)15(21)22-18)11-4-5-12(23-2)13(6-11)24-3/h4-6,10,14H,7H2,1-3H3,(H2,21,22)/p+1/t10-,14-,16-,17-,18+/m1/s1. The van der Waals surface area contributed by atoms with E-state index in [4.69, 9.17) is 24.7 Å². The van der Waals surface area contributed by atoms with Crippen LogP contribution in [0.15, 0.2) is 18.2 Å². The first-order valence-electron chi connectivity index (χ1n) is 8.23. The number of nitrogens with one attached hydrogen (secondary N) is 1. The third-order valence-electron chi connectivity index (χ3n) is 5.63. The van der Waals surface area contributed by atoms with Gasteiger partial charge in [0.05, 0.1) is 39.1 Å². The number of ether oxygens (including phenoxy) is 4. The molecular formula is C18H19N4O4+. The zero-order valence-corrected chi connectivity index (χ0v) is 14.7. The molecule has 1 saturated carbocycles. The van der Waals surface area contributed by atoms with E-state index in [0.29, 0.717) is 18.1 Å². The van der Waals surface area contributed by atoms with Gasteiger partial charge in [0.1, 0.15) is 0 Å². The molecule has 2 heterocycles. The van der Waals surface area contributed by atoms with Gasteiger partial charge in [0.25, 0.3) is 5.84 Å². The summed E-state index contributed by atoms with van der Waals surface area (Å²) >= 11 is 0. The van der Waals surface area contributed by atoms with Crippen LogP contribution >= 0.6 is 0 Å². The van der Waals surface area contributed by atoms with Crippen molar-refractivity contribution in [1.29, 1.82) is 10.5 Å². The van der Waals surface area contributed by atoms with Crippen LogP contribution in [-0.2, 0) is 9.47 Å². The lowest BCUT2D eigenvalue weighted by Crippen LogP contribution is -2.90. The molecule has 0 bridgehead atoms. The van der Waals surface area contributed by atoms with Gasteiger partial charge in [-0.05, 0) is 24.6 Å². The molecule has 0 amide bonds. The smallest absolute Gasteiger partial charge is 0.343 e. The minimum atomic E-state index is -1.43. The largest absolute Gasteiger partial charge is 0.493 e. The first-order valence-corrected chi connectivity index (χ1v) is 8.23. The Hall–Kier alpha value is -2.81. The summed E-state index contributed by atoms with van der Waals surface area (Å²) in [4.78, 5) is 2.94. The molecule has 134 valence electrons. The molecule has 2 aliphatic heterocycles. The van der Waals surface area contributed by atoms with Gasteiger partial charge in [-0.2, -0.15) is 10.5 Å². The number of nitriles is 2. The maximum atomic E-state index is 10.1. The second-order valence-electron chi connectivity index (χ2n) is 6.78. The van der Waals surface area contributed by atoms with Crippen molar-refractivity contribution in [3.63, 3.8) is 0 Å². The minimum Gasteiger partial charge on any atom is -0.493 e. The second kappa shape index (κ2) is 5.10. The topological polar surface area (TPSA) is 124 Å². The molecule has 1 saturated heterocycles. The lowest BCUT2D eigenvalue weighted by Gasteiger charge is -2.24. The molecule has 26 heavy (non-hydrogen) atoms. The summed E-state index contributed by atoms with van der Waals surface area (Å²) in [5.41, 5.74) is 4.40. The summed E-state index contributed by atoms with van der Waals surface area (Å²) < 4.78 is 22.4. The monoisotopic (exact) mass is 355 g/mol. The fraction of sp³-hybridized carbons (Fsp3) is 0.500. The van der Waals surface area contributed by atoms with Crippen LogP contribution in [0.1, 0.15) is 18.4 Å². The number of hydrogen-bond donors (Lipinski definition) is 2. The van der Waals surface area contributed by atoms with Crippen molar-refractivity contribution < 1.29 is 23.9 Å². The number of rotatable bonds is 3. The van der Waals surface area contributed by atoms with E-state index in [9.17, 15) is 10.5 Å². The fourth-order valence-corrected chi connectivity index (χ4v) is 4.50. The molecule has 1 aliphatic carbocycles. The summed E-state index contributed by atoms with van der Waals surface area (Å²) in [6.07, 6.45) is -0.221. The fourth-order valence-electron chi connectivity index (χ4n) is 4.50. The van der Waals surface area contributed by atoms with Gasteiger partial charge in [-0.1, -0.05) is 6.07 Å². The first kappa shape index (κ1) is 16.6. The summed E-state index contributed by atoms with van der Waals surface area (Å²) in [6, 6.07) is 9.87. The van der Waals surface area contributed by atoms with Gasteiger partial charge >= 0.3 is 5.91 Å². The van der Waals surface area contributed by atoms with E-state index in [-0.39, 0.29) is 11.9 Å². The third-order valence-corrected chi connectivity index (χ3v) is 5.63. The van der Waals surface area contributed by atoms with Crippen LogP contribution in [0, 0.1) is 33.5 Å². The Balaban J connectivity index is 1.88. The Morgan fingerprint density at radius 1 is 1.23 bits per heavy atom. The van der Waals surface area contributed by atoms with Crippen molar-refractivity contribution in [2.24, 2.45) is 16.6 Å². The molecule has 1 aromatic rings. The molecule has 2 fully saturated rings. The summed E-state index contributed by atoms with van der Waals surface area (Å²) in [7, 11) is 3.08. The number of methoxy groups -OCH3 is 2. The van der Waals surface area contributed by atoms with Crippen molar-refractivity contribution in [1.82, 2.24) is 0 Å². The van der Waals surface area contributed by atoms with Gasteiger partial charge in [0, 0.05) is 5.92 Å². The number of nitrogens with two attached hydrogens (primary N) is 1. The van der Waals surface area contributed by atoms with E-state index in [1.807, 2.05) is 13.0 Å². The number of fused-ring (bicyclic) bond motifs is 2. The van der Waals surface area contributed by atoms with Crippen LogP contribution in [0.2, 0.25) is 0 Å². The van der Waals surface area contributed by atoms with E-state index < -0.39 is 22.7 Å². The molecular weight excluding hydrogens is 336 g/mol. The van der Waals surface area contributed by atoms with E-state index in [1.165, 1.54) is 7.11 Å². The zero-order chi connectivity index (χ0) is 18.7.